The molecule has 26 heavy (non-hydrogen) atoms. The number of hydrogen-bond donors (Lipinski definition) is 3. The number of carbonyl (C=O) groups excluding carboxylic acids is 1. The number of pyridine rings is 1. The van der Waals surface area contributed by atoms with Crippen molar-refractivity contribution in [3.05, 3.63) is 35.9 Å². The van der Waals surface area contributed by atoms with Crippen molar-refractivity contribution in [2.24, 2.45) is 0 Å². The van der Waals surface area contributed by atoms with E-state index in [-0.39, 0.29) is 17.3 Å². The van der Waals surface area contributed by atoms with Crippen molar-refractivity contribution < 1.29 is 27.1 Å². The highest BCUT2D eigenvalue weighted by Gasteiger charge is 2.29. The normalized spacial score (nSPS) is 19.4. The molecular weight excluding hydrogens is 373 g/mol. The zero-order chi connectivity index (χ0) is 18.9. The molecule has 2 aromatic heterocycles. The number of hydrogen-bond acceptors (Lipinski definition) is 5. The van der Waals surface area contributed by atoms with Crippen LogP contribution in [0, 0.1) is 0 Å². The largest absolute Gasteiger partial charge is 0.405 e. The predicted octanol–water partition coefficient (Wildman–Crippen LogP) is 2.19. The van der Waals surface area contributed by atoms with Gasteiger partial charge in [-0.25, -0.2) is 4.98 Å². The molecule has 7 nitrogen and oxygen atoms in total. The third-order valence-corrected chi connectivity index (χ3v) is 5.79. The Labute approximate surface area is 149 Å². The molecule has 3 N–H and O–H groups in total. The Morgan fingerprint density at radius 3 is 2.62 bits per heavy atom. The molecule has 1 amide bonds. The summed E-state index contributed by atoms with van der Waals surface area (Å²) in [5.41, 5.74) is 1.18. The van der Waals surface area contributed by atoms with Gasteiger partial charge >= 0.3 is 6.18 Å². The third-order valence-electron chi connectivity index (χ3n) is 4.12. The summed E-state index contributed by atoms with van der Waals surface area (Å²) in [6.07, 6.45) is -2.93. The van der Waals surface area contributed by atoms with E-state index >= 15 is 0 Å². The first-order valence-corrected chi connectivity index (χ1v) is 9.80. The minimum absolute atomic E-state index is 0.110. The predicted molar refractivity (Wildman–Crippen MR) is 91.4 cm³/mol. The molecule has 1 saturated heterocycles. The zero-order valence-corrected chi connectivity index (χ0v) is 14.6. The van der Waals surface area contributed by atoms with Gasteiger partial charge in [0.2, 0.25) is 5.82 Å². The third kappa shape index (κ3) is 4.47. The van der Waals surface area contributed by atoms with Crippen molar-refractivity contribution >= 4 is 22.0 Å². The van der Waals surface area contributed by atoms with E-state index in [0.29, 0.717) is 30.8 Å². The summed E-state index contributed by atoms with van der Waals surface area (Å²) in [6.45, 7) is -0.101. The number of alkyl halides is 3. The van der Waals surface area contributed by atoms with Gasteiger partial charge in [0.25, 0.3) is 5.91 Å². The Balaban J connectivity index is 1.80. The molecule has 11 heteroatoms. The summed E-state index contributed by atoms with van der Waals surface area (Å²) in [7, 11) is -2.52. The topological polar surface area (TPSA) is 90.1 Å². The molecule has 3 rings (SSSR count). The van der Waals surface area contributed by atoms with E-state index in [0.717, 1.165) is 0 Å². The van der Waals surface area contributed by atoms with E-state index in [1.165, 1.54) is 4.40 Å². The van der Waals surface area contributed by atoms with Gasteiger partial charge in [-0.2, -0.15) is 23.8 Å². The van der Waals surface area contributed by atoms with Gasteiger partial charge in [-0.05, 0) is 12.1 Å². The molecule has 0 bridgehead atoms. The smallest absolute Gasteiger partial charge is 0.340 e. The second-order valence-corrected chi connectivity index (χ2v) is 8.54. The van der Waals surface area contributed by atoms with E-state index in [9.17, 15) is 27.1 Å². The molecule has 1 aliphatic heterocycles. The molecule has 3 heterocycles. The van der Waals surface area contributed by atoms with Crippen LogP contribution in [-0.2, 0) is 6.54 Å². The molecular formula is C15H19F3N4O3S. The van der Waals surface area contributed by atoms with Crippen molar-refractivity contribution in [1.82, 2.24) is 19.6 Å². The Morgan fingerprint density at radius 1 is 1.27 bits per heavy atom. The lowest BCUT2D eigenvalue weighted by atomic mass is 10.3. The second-order valence-electron chi connectivity index (χ2n) is 6.12. The summed E-state index contributed by atoms with van der Waals surface area (Å²) >= 11 is 0. The van der Waals surface area contributed by atoms with Crippen LogP contribution in [0.4, 0.5) is 13.2 Å². The lowest BCUT2D eigenvalue weighted by Crippen LogP contribution is -2.37. The minimum Gasteiger partial charge on any atom is -0.340 e. The van der Waals surface area contributed by atoms with E-state index in [4.69, 9.17) is 0 Å². The number of nitrogens with zero attached hydrogens (tertiary/aromatic N) is 3. The summed E-state index contributed by atoms with van der Waals surface area (Å²) in [4.78, 5) is 18.3. The molecule has 144 valence electrons. The van der Waals surface area contributed by atoms with E-state index in [1.54, 1.807) is 24.4 Å². The first-order valence-electron chi connectivity index (χ1n) is 7.91. The van der Waals surface area contributed by atoms with Gasteiger partial charge in [0, 0.05) is 25.8 Å². The number of carbonyl (C=O) groups is 1. The number of nitrogens with one attached hydrogen (secondary N) is 1. The van der Waals surface area contributed by atoms with Crippen LogP contribution in [0.15, 0.2) is 24.4 Å². The average molecular weight is 392 g/mol. The van der Waals surface area contributed by atoms with Crippen molar-refractivity contribution in [1.29, 1.82) is 0 Å². The van der Waals surface area contributed by atoms with Gasteiger partial charge in [-0.15, -0.1) is 0 Å². The maximum absolute atomic E-state index is 12.3. The van der Waals surface area contributed by atoms with Crippen LogP contribution < -0.4 is 5.32 Å². The number of amides is 1. The monoisotopic (exact) mass is 392 g/mol. The van der Waals surface area contributed by atoms with Crippen LogP contribution in [-0.4, -0.2) is 66.6 Å². The minimum atomic E-state index is -4.50. The van der Waals surface area contributed by atoms with Gasteiger partial charge in [0.1, 0.15) is 6.54 Å². The van der Waals surface area contributed by atoms with Gasteiger partial charge < -0.3 is 5.32 Å². The maximum atomic E-state index is 12.3. The highest BCUT2D eigenvalue weighted by atomic mass is 32.3. The molecule has 0 spiro atoms. The van der Waals surface area contributed by atoms with Crippen molar-refractivity contribution in [3.63, 3.8) is 0 Å². The Hall–Kier alpha value is -1.82. The SMILES string of the molecule is O=C(NCC(F)(F)F)c1nc(CN2CCS(O)(O)CC2)c2ccccn12. The molecule has 1 aliphatic rings. The van der Waals surface area contributed by atoms with Gasteiger partial charge in [0.05, 0.1) is 22.7 Å². The number of aromatic nitrogens is 2. The van der Waals surface area contributed by atoms with E-state index < -0.39 is 29.2 Å². The summed E-state index contributed by atoms with van der Waals surface area (Å²) in [5, 5.41) is 1.84. The fourth-order valence-electron chi connectivity index (χ4n) is 2.77. The average Bonchev–Trinajstić information content (AvgIpc) is 2.93. The van der Waals surface area contributed by atoms with Crippen LogP contribution in [0.25, 0.3) is 5.52 Å². The number of halogens is 3. The molecule has 2 aromatic rings. The molecule has 0 atom stereocenters. The molecule has 0 saturated carbocycles. The molecule has 0 aromatic carbocycles. The standard InChI is InChI=1S/C15H19F3N4O3S/c16-15(17,18)10-19-14(23)13-20-11(12-3-1-2-4-22(12)13)9-21-5-7-26(24,25)8-6-21/h1-4,24-25H,5-10H2,(H,19,23). The lowest BCUT2D eigenvalue weighted by Gasteiger charge is -2.40. The molecule has 0 radical (unpaired) electrons. The Kier molecular flexibility index (Phi) is 5.15. The summed E-state index contributed by atoms with van der Waals surface area (Å²) in [5.74, 6) is -0.459. The lowest BCUT2D eigenvalue weighted by molar-refractivity contribution is -0.123. The van der Waals surface area contributed by atoms with Crippen LogP contribution in [0.3, 0.4) is 0 Å². The van der Waals surface area contributed by atoms with Crippen molar-refractivity contribution in [2.75, 3.05) is 31.1 Å². The summed E-state index contributed by atoms with van der Waals surface area (Å²) in [6, 6.07) is 5.15. The van der Waals surface area contributed by atoms with Crippen LogP contribution in [0.5, 0.6) is 0 Å². The molecule has 1 fully saturated rings. The van der Waals surface area contributed by atoms with Crippen LogP contribution in [0.1, 0.15) is 16.3 Å². The first-order chi connectivity index (χ1) is 12.1. The fourth-order valence-corrected chi connectivity index (χ4v) is 4.08. The quantitative estimate of drug-likeness (QED) is 0.742. The number of imidazole rings is 1. The van der Waals surface area contributed by atoms with Gasteiger partial charge in [-0.3, -0.25) is 23.2 Å². The highest BCUT2D eigenvalue weighted by Crippen LogP contribution is 2.40. The van der Waals surface area contributed by atoms with E-state index in [1.807, 2.05) is 10.2 Å². The number of rotatable bonds is 4. The van der Waals surface area contributed by atoms with Gasteiger partial charge in [-0.1, -0.05) is 6.07 Å². The Bertz CT molecular complexity index is 799. The van der Waals surface area contributed by atoms with Crippen molar-refractivity contribution in [2.45, 2.75) is 12.7 Å². The Morgan fingerprint density at radius 2 is 1.96 bits per heavy atom. The van der Waals surface area contributed by atoms with Crippen molar-refractivity contribution in [3.8, 4) is 0 Å². The van der Waals surface area contributed by atoms with Crippen LogP contribution in [0.2, 0.25) is 0 Å². The van der Waals surface area contributed by atoms with E-state index in [2.05, 4.69) is 4.98 Å². The first kappa shape index (κ1) is 19.0. The van der Waals surface area contributed by atoms with Crippen LogP contribution >= 0.6 is 10.6 Å². The molecule has 0 unspecified atom stereocenters. The summed E-state index contributed by atoms with van der Waals surface area (Å²) < 4.78 is 57.8. The molecule has 0 aliphatic carbocycles. The number of fused-ring (bicyclic) bond motifs is 1. The highest BCUT2D eigenvalue weighted by molar-refractivity contribution is 8.24. The second kappa shape index (κ2) is 7.06. The fraction of sp³-hybridized carbons (Fsp3) is 0.467. The van der Waals surface area contributed by atoms with Gasteiger partial charge in [0.15, 0.2) is 0 Å². The maximum Gasteiger partial charge on any atom is 0.405 e. The zero-order valence-electron chi connectivity index (χ0n) is 13.7.